The molecule has 1 heterocycles. The summed E-state index contributed by atoms with van der Waals surface area (Å²) in [7, 11) is 0. The fourth-order valence-electron chi connectivity index (χ4n) is 1.08. The minimum atomic E-state index is -1.11. The summed E-state index contributed by atoms with van der Waals surface area (Å²) in [5.41, 5.74) is 0. The highest BCUT2D eigenvalue weighted by atomic mass is 16.9. The van der Waals surface area contributed by atoms with E-state index in [0.29, 0.717) is 0 Å². The van der Waals surface area contributed by atoms with Gasteiger partial charge in [-0.3, -0.25) is 0 Å². The molecule has 0 aromatic heterocycles. The lowest BCUT2D eigenvalue weighted by Crippen LogP contribution is -2.49. The van der Waals surface area contributed by atoms with Crippen LogP contribution in [0.1, 0.15) is 6.42 Å². The van der Waals surface area contributed by atoms with Gasteiger partial charge in [-0.2, -0.15) is 0 Å². The van der Waals surface area contributed by atoms with E-state index in [9.17, 15) is 0 Å². The van der Waals surface area contributed by atoms with Gasteiger partial charge in [0.1, 0.15) is 12.2 Å². The Bertz CT molecular complexity index is 128. The van der Waals surface area contributed by atoms with Crippen LogP contribution in [0.4, 0.5) is 0 Å². The van der Waals surface area contributed by atoms with Gasteiger partial charge < -0.3 is 25.2 Å². The number of ether oxygens (including phenoxy) is 1. The zero-order valence-corrected chi connectivity index (χ0v) is 5.92. The van der Waals surface area contributed by atoms with Gasteiger partial charge in [0.2, 0.25) is 0 Å². The first-order valence-electron chi connectivity index (χ1n) is 3.45. The number of rotatable bonds is 1. The summed E-state index contributed by atoms with van der Waals surface area (Å²) in [6.45, 7) is -0.407. The molecule has 0 bridgehead atoms. The molecule has 4 N–H and O–H groups in total. The summed E-state index contributed by atoms with van der Waals surface area (Å²) in [6, 6.07) is 0. The molecule has 0 aromatic rings. The van der Waals surface area contributed by atoms with E-state index in [1.54, 1.807) is 0 Å². The summed E-state index contributed by atoms with van der Waals surface area (Å²) in [5.74, 6) is 0. The molecule has 0 radical (unpaired) electrons. The predicted octanol–water partition coefficient (Wildman–Crippen LogP) is -2.19. The van der Waals surface area contributed by atoms with Crippen LogP contribution in [0.3, 0.4) is 0 Å². The molecule has 0 amide bonds. The monoisotopic (exact) mass is 166 g/mol. The summed E-state index contributed by atoms with van der Waals surface area (Å²) in [5, 5.41) is 35.6. The molecule has 1 aliphatic rings. The van der Waals surface area contributed by atoms with E-state index in [2.05, 4.69) is 0 Å². The molecule has 0 aromatic carbocycles. The Labute approximate surface area is 63.8 Å². The fourth-order valence-corrected chi connectivity index (χ4v) is 1.08. The average Bonchev–Trinajstić information content (AvgIpc) is 1.96. The maximum Gasteiger partial charge on any atom is 0.157 e. The Morgan fingerprint density at radius 3 is 2.64 bits per heavy atom. The molecule has 1 saturated heterocycles. The highest BCUT2D eigenvalue weighted by Gasteiger charge is 2.35. The maximum atomic E-state index is 9.11. The first-order valence-corrected chi connectivity index (χ1v) is 3.45. The number of aliphatic hydroxyl groups excluding tert-OH is 4. The molecule has 1 fully saturated rings. The first kappa shape index (κ1) is 8.89. The number of hydrogen-bond donors (Lipinski definition) is 4. The van der Waals surface area contributed by atoms with Crippen LogP contribution in [-0.4, -0.2) is 51.6 Å². The topological polar surface area (TPSA) is 90.2 Å². The molecule has 11 heavy (non-hydrogen) atoms. The molecule has 5 nitrogen and oxygen atoms in total. The van der Waals surface area contributed by atoms with E-state index in [1.807, 2.05) is 0 Å². The standard InChI is InChI=1S/C6H12O5/c7-2-4-6(10)3(8)1-5(9)11-4/h3-10H,1-2H2/t3-,4?,5?,6+/m1/s1/i5+2. The largest absolute Gasteiger partial charge is 0.394 e. The zero-order chi connectivity index (χ0) is 8.43. The van der Waals surface area contributed by atoms with Gasteiger partial charge in [0.05, 0.1) is 12.7 Å². The van der Waals surface area contributed by atoms with Crippen LogP contribution in [-0.2, 0) is 4.74 Å². The minimum absolute atomic E-state index is 0.0162. The number of aliphatic hydroxyl groups is 4. The van der Waals surface area contributed by atoms with Gasteiger partial charge in [0.25, 0.3) is 0 Å². The molecule has 1 rings (SSSR count). The van der Waals surface area contributed by atoms with Crippen molar-refractivity contribution in [1.82, 2.24) is 0 Å². The summed E-state index contributed by atoms with van der Waals surface area (Å²) >= 11 is 0. The summed E-state index contributed by atoms with van der Waals surface area (Å²) in [4.78, 5) is 0. The van der Waals surface area contributed by atoms with Crippen LogP contribution in [0.5, 0.6) is 0 Å². The van der Waals surface area contributed by atoms with Gasteiger partial charge in [-0.15, -0.1) is 0 Å². The molecule has 1 aliphatic heterocycles. The van der Waals surface area contributed by atoms with Crippen LogP contribution < -0.4 is 0 Å². The molecular weight excluding hydrogens is 154 g/mol. The Morgan fingerprint density at radius 1 is 1.45 bits per heavy atom. The van der Waals surface area contributed by atoms with Gasteiger partial charge in [0, 0.05) is 6.42 Å². The molecular formula is C6H12O5. The van der Waals surface area contributed by atoms with Gasteiger partial charge in [-0.05, 0) is 0 Å². The van der Waals surface area contributed by atoms with E-state index in [-0.39, 0.29) is 6.42 Å². The third-order valence-electron chi connectivity index (χ3n) is 1.73. The van der Waals surface area contributed by atoms with Crippen molar-refractivity contribution in [2.45, 2.75) is 31.0 Å². The number of hydrogen-bond acceptors (Lipinski definition) is 5. The molecule has 0 spiro atoms. The van der Waals surface area contributed by atoms with Crippen molar-refractivity contribution in [3.05, 3.63) is 0 Å². The van der Waals surface area contributed by atoms with Gasteiger partial charge in [0.15, 0.2) is 6.29 Å². The molecule has 0 aliphatic carbocycles. The summed E-state index contributed by atoms with van der Waals surface area (Å²) < 4.78 is 4.71. The van der Waals surface area contributed by atoms with Crippen molar-refractivity contribution in [1.29, 1.82) is 0 Å². The highest BCUT2D eigenvalue weighted by Crippen LogP contribution is 2.18. The van der Waals surface area contributed by atoms with Crippen LogP contribution in [0.2, 0.25) is 0 Å². The van der Waals surface area contributed by atoms with Crippen LogP contribution in [0.25, 0.3) is 0 Å². The maximum absolute atomic E-state index is 9.11. The average molecular weight is 166 g/mol. The van der Waals surface area contributed by atoms with Crippen molar-refractivity contribution in [2.24, 2.45) is 0 Å². The van der Waals surface area contributed by atoms with Gasteiger partial charge in [-0.25, -0.2) is 0 Å². The van der Waals surface area contributed by atoms with E-state index >= 15 is 0 Å². The Hall–Kier alpha value is -0.200. The molecule has 5 heteroatoms. The highest BCUT2D eigenvalue weighted by molar-refractivity contribution is 4.81. The lowest BCUT2D eigenvalue weighted by atomic mass is 10.1. The predicted molar refractivity (Wildman–Crippen MR) is 34.6 cm³/mol. The SMILES string of the molecule is OCC1O[14CH](O)C[C@@H](O)[C@@H]1O. The van der Waals surface area contributed by atoms with Crippen molar-refractivity contribution < 1.29 is 25.2 Å². The van der Waals surface area contributed by atoms with Gasteiger partial charge >= 0.3 is 0 Å². The zero-order valence-electron chi connectivity index (χ0n) is 5.92. The second-order valence-corrected chi connectivity index (χ2v) is 2.61. The Balaban J connectivity index is 2.51. The first-order chi connectivity index (χ1) is 5.15. The van der Waals surface area contributed by atoms with E-state index < -0.39 is 31.2 Å². The van der Waals surface area contributed by atoms with Crippen molar-refractivity contribution in [2.75, 3.05) is 6.61 Å². The lowest BCUT2D eigenvalue weighted by Gasteiger charge is -2.33. The van der Waals surface area contributed by atoms with Crippen molar-refractivity contribution >= 4 is 0 Å². The molecule has 2 unspecified atom stereocenters. The lowest BCUT2D eigenvalue weighted by molar-refractivity contribution is -0.239. The molecule has 0 saturated carbocycles. The minimum Gasteiger partial charge on any atom is -0.394 e. The Kier molecular flexibility index (Phi) is 2.80. The third-order valence-corrected chi connectivity index (χ3v) is 1.73. The van der Waals surface area contributed by atoms with E-state index in [4.69, 9.17) is 25.2 Å². The molecule has 66 valence electrons. The smallest absolute Gasteiger partial charge is 0.157 e. The molecule has 4 atom stereocenters. The quantitative estimate of drug-likeness (QED) is 0.355. The van der Waals surface area contributed by atoms with Crippen molar-refractivity contribution in [3.8, 4) is 0 Å². The fraction of sp³-hybridized carbons (Fsp3) is 1.00. The van der Waals surface area contributed by atoms with Crippen LogP contribution in [0, 0.1) is 0 Å². The van der Waals surface area contributed by atoms with Crippen LogP contribution >= 0.6 is 0 Å². The second-order valence-electron chi connectivity index (χ2n) is 2.61. The normalized spacial score (nSPS) is 45.8. The van der Waals surface area contributed by atoms with E-state index in [1.165, 1.54) is 0 Å². The summed E-state index contributed by atoms with van der Waals surface area (Å²) in [6.07, 6.45) is -4.11. The van der Waals surface area contributed by atoms with Crippen molar-refractivity contribution in [3.63, 3.8) is 0 Å². The van der Waals surface area contributed by atoms with E-state index in [0.717, 1.165) is 0 Å². The second kappa shape index (κ2) is 3.46. The third kappa shape index (κ3) is 1.88. The Morgan fingerprint density at radius 2 is 2.09 bits per heavy atom. The van der Waals surface area contributed by atoms with Gasteiger partial charge in [-0.1, -0.05) is 0 Å². The van der Waals surface area contributed by atoms with Crippen LogP contribution in [0.15, 0.2) is 0 Å².